The Morgan fingerprint density at radius 1 is 0.912 bits per heavy atom. The van der Waals surface area contributed by atoms with Crippen molar-refractivity contribution in [1.29, 1.82) is 0 Å². The Morgan fingerprint density at radius 3 is 2.03 bits per heavy atom. The fourth-order valence-electron chi connectivity index (χ4n) is 4.09. The monoisotopic (exact) mass is 466 g/mol. The number of unbranched alkanes of at least 4 members (excludes halogenated alkanes) is 1. The summed E-state index contributed by atoms with van der Waals surface area (Å²) >= 11 is 0. The van der Waals surface area contributed by atoms with Gasteiger partial charge in [-0.25, -0.2) is 4.79 Å². The van der Waals surface area contributed by atoms with Gasteiger partial charge in [0.25, 0.3) is 0 Å². The summed E-state index contributed by atoms with van der Waals surface area (Å²) in [5, 5.41) is 15.0. The van der Waals surface area contributed by atoms with E-state index in [0.29, 0.717) is 19.4 Å². The summed E-state index contributed by atoms with van der Waals surface area (Å²) in [6.07, 6.45) is 0.959. The molecule has 0 aliphatic heterocycles. The molecule has 0 fully saturated rings. The first-order chi connectivity index (χ1) is 16.0. The maximum absolute atomic E-state index is 12.3. The Labute approximate surface area is 200 Å². The zero-order valence-electron chi connectivity index (χ0n) is 20.3. The Hall–Kier alpha value is -3.35. The van der Waals surface area contributed by atoms with E-state index < -0.39 is 23.0 Å². The molecule has 1 aliphatic rings. The molecular formula is C27H34N2O5. The smallest absolute Gasteiger partial charge is 0.407 e. The average molecular weight is 467 g/mol. The summed E-state index contributed by atoms with van der Waals surface area (Å²) in [5.74, 6) is -1.16. The minimum Gasteiger partial charge on any atom is -0.481 e. The lowest BCUT2D eigenvalue weighted by atomic mass is 9.74. The summed E-state index contributed by atoms with van der Waals surface area (Å²) in [7, 11) is 0. The number of nitrogens with one attached hydrogen (secondary N) is 2. The van der Waals surface area contributed by atoms with E-state index in [9.17, 15) is 19.5 Å². The van der Waals surface area contributed by atoms with Gasteiger partial charge in [0.05, 0.1) is 5.41 Å². The molecule has 7 nitrogen and oxygen atoms in total. The van der Waals surface area contributed by atoms with E-state index >= 15 is 0 Å². The van der Waals surface area contributed by atoms with Gasteiger partial charge in [0, 0.05) is 24.4 Å². The molecule has 0 bridgehead atoms. The highest BCUT2D eigenvalue weighted by Gasteiger charge is 2.44. The normalized spacial score (nSPS) is 13.1. The maximum atomic E-state index is 12.3. The maximum Gasteiger partial charge on any atom is 0.407 e. The van der Waals surface area contributed by atoms with E-state index in [1.807, 2.05) is 24.3 Å². The second kappa shape index (κ2) is 10.3. The van der Waals surface area contributed by atoms with Crippen molar-refractivity contribution >= 4 is 18.0 Å². The van der Waals surface area contributed by atoms with E-state index in [2.05, 4.69) is 34.9 Å². The number of hydrogen-bond acceptors (Lipinski definition) is 4. The molecule has 0 saturated carbocycles. The van der Waals surface area contributed by atoms with Crippen molar-refractivity contribution < 1.29 is 24.2 Å². The third-order valence-corrected chi connectivity index (χ3v) is 6.99. The van der Waals surface area contributed by atoms with Crippen molar-refractivity contribution in [2.75, 3.05) is 13.2 Å². The van der Waals surface area contributed by atoms with Gasteiger partial charge >= 0.3 is 12.1 Å². The first-order valence-electron chi connectivity index (χ1n) is 11.7. The molecule has 3 rings (SSSR count). The number of rotatable bonds is 10. The lowest BCUT2D eigenvalue weighted by Crippen LogP contribution is -2.56. The highest BCUT2D eigenvalue weighted by molar-refractivity contribution is 5.81. The number of ether oxygens (including phenoxy) is 1. The van der Waals surface area contributed by atoms with Crippen LogP contribution in [-0.4, -0.2) is 41.8 Å². The highest BCUT2D eigenvalue weighted by atomic mass is 16.5. The topological polar surface area (TPSA) is 105 Å². The Morgan fingerprint density at radius 2 is 1.47 bits per heavy atom. The van der Waals surface area contributed by atoms with Crippen LogP contribution in [0.25, 0.3) is 11.1 Å². The van der Waals surface area contributed by atoms with Crippen LogP contribution in [0.3, 0.4) is 0 Å². The largest absolute Gasteiger partial charge is 0.481 e. The summed E-state index contributed by atoms with van der Waals surface area (Å²) in [4.78, 5) is 35.9. The molecule has 34 heavy (non-hydrogen) atoms. The number of benzene rings is 2. The predicted octanol–water partition coefficient (Wildman–Crippen LogP) is 4.70. The summed E-state index contributed by atoms with van der Waals surface area (Å²) in [6.45, 7) is 7.25. The zero-order valence-corrected chi connectivity index (χ0v) is 20.3. The molecule has 7 heteroatoms. The number of carboxylic acids is 1. The standard InChI is InChI=1S/C27H34N2O5/c1-26(2,24(31)32)27(3,4)29-23(30)15-9-10-16-28-25(33)34-17-22-20-13-7-5-11-18(20)19-12-6-8-14-21(19)22/h5-8,11-14,22H,9-10,15-17H2,1-4H3,(H,28,33)(H,29,30)(H,31,32). The Balaban J connectivity index is 1.39. The minimum atomic E-state index is -1.10. The number of carbonyl (C=O) groups is 3. The van der Waals surface area contributed by atoms with Crippen molar-refractivity contribution in [3.63, 3.8) is 0 Å². The molecule has 0 radical (unpaired) electrons. The number of aliphatic carboxylic acids is 1. The van der Waals surface area contributed by atoms with Gasteiger partial charge < -0.3 is 20.5 Å². The summed E-state index contributed by atoms with van der Waals surface area (Å²) in [5.41, 5.74) is 2.69. The SMILES string of the molecule is CC(C)(NC(=O)CCCCNC(=O)OCC1c2ccccc2-c2ccccc21)C(C)(C)C(=O)O. The van der Waals surface area contributed by atoms with Gasteiger partial charge in [0.1, 0.15) is 6.61 Å². The summed E-state index contributed by atoms with van der Waals surface area (Å²) < 4.78 is 5.51. The van der Waals surface area contributed by atoms with E-state index in [-0.39, 0.29) is 24.9 Å². The first-order valence-corrected chi connectivity index (χ1v) is 11.7. The zero-order chi connectivity index (χ0) is 24.9. The van der Waals surface area contributed by atoms with Crippen LogP contribution < -0.4 is 10.6 Å². The number of alkyl carbamates (subject to hydrolysis) is 1. The molecule has 0 heterocycles. The van der Waals surface area contributed by atoms with E-state index in [1.54, 1.807) is 27.7 Å². The van der Waals surface area contributed by atoms with Gasteiger partial charge in [-0.3, -0.25) is 9.59 Å². The minimum absolute atomic E-state index is 0.0141. The Bertz CT molecular complexity index is 1010. The number of amides is 2. The quantitative estimate of drug-likeness (QED) is 0.440. The number of carbonyl (C=O) groups excluding carboxylic acids is 2. The van der Waals surface area contributed by atoms with Gasteiger partial charge in [-0.2, -0.15) is 0 Å². The predicted molar refractivity (Wildman–Crippen MR) is 131 cm³/mol. The lowest BCUT2D eigenvalue weighted by molar-refractivity contribution is -0.151. The van der Waals surface area contributed by atoms with Crippen LogP contribution in [0.2, 0.25) is 0 Å². The van der Waals surface area contributed by atoms with Crippen molar-refractivity contribution in [2.24, 2.45) is 5.41 Å². The van der Waals surface area contributed by atoms with Crippen molar-refractivity contribution in [3.8, 4) is 11.1 Å². The van der Waals surface area contributed by atoms with Crippen LogP contribution in [0.1, 0.15) is 64.0 Å². The van der Waals surface area contributed by atoms with Gasteiger partial charge in [-0.1, -0.05) is 48.5 Å². The van der Waals surface area contributed by atoms with Crippen molar-refractivity contribution in [1.82, 2.24) is 10.6 Å². The molecule has 0 saturated heterocycles. The molecule has 0 unspecified atom stereocenters. The molecule has 182 valence electrons. The number of fused-ring (bicyclic) bond motifs is 3. The molecule has 2 amide bonds. The second-order valence-electron chi connectivity index (χ2n) is 9.81. The first kappa shape index (κ1) is 25.3. The van der Waals surface area contributed by atoms with Crippen LogP contribution in [-0.2, 0) is 14.3 Å². The lowest BCUT2D eigenvalue weighted by Gasteiger charge is -2.38. The third-order valence-electron chi connectivity index (χ3n) is 6.99. The van der Waals surface area contributed by atoms with E-state index in [4.69, 9.17) is 4.74 Å². The molecule has 2 aromatic carbocycles. The Kier molecular flexibility index (Phi) is 7.64. The molecule has 2 aromatic rings. The molecular weight excluding hydrogens is 432 g/mol. The fourth-order valence-corrected chi connectivity index (χ4v) is 4.09. The molecule has 0 aromatic heterocycles. The van der Waals surface area contributed by atoms with Gasteiger partial charge in [-0.05, 0) is 62.8 Å². The molecule has 1 aliphatic carbocycles. The van der Waals surface area contributed by atoms with Gasteiger partial charge in [-0.15, -0.1) is 0 Å². The van der Waals surface area contributed by atoms with Crippen molar-refractivity contribution in [2.45, 2.75) is 58.4 Å². The van der Waals surface area contributed by atoms with Crippen LogP contribution in [0.15, 0.2) is 48.5 Å². The summed E-state index contributed by atoms with van der Waals surface area (Å²) in [6, 6.07) is 16.4. The van der Waals surface area contributed by atoms with Crippen LogP contribution in [0, 0.1) is 5.41 Å². The van der Waals surface area contributed by atoms with E-state index in [1.165, 1.54) is 11.1 Å². The molecule has 3 N–H and O–H groups in total. The molecule has 0 atom stereocenters. The highest BCUT2D eigenvalue weighted by Crippen LogP contribution is 2.44. The fraction of sp³-hybridized carbons (Fsp3) is 0.444. The van der Waals surface area contributed by atoms with Crippen LogP contribution in [0.5, 0.6) is 0 Å². The second-order valence-corrected chi connectivity index (χ2v) is 9.81. The van der Waals surface area contributed by atoms with E-state index in [0.717, 1.165) is 11.1 Å². The number of hydrogen-bond donors (Lipinski definition) is 3. The third kappa shape index (κ3) is 5.41. The average Bonchev–Trinajstić information content (AvgIpc) is 3.10. The van der Waals surface area contributed by atoms with Crippen LogP contribution >= 0.6 is 0 Å². The van der Waals surface area contributed by atoms with Crippen LogP contribution in [0.4, 0.5) is 4.79 Å². The number of carboxylic acid groups (broad SMARTS) is 1. The van der Waals surface area contributed by atoms with Gasteiger partial charge in [0.2, 0.25) is 5.91 Å². The molecule has 0 spiro atoms. The van der Waals surface area contributed by atoms with Crippen molar-refractivity contribution in [3.05, 3.63) is 59.7 Å². The van der Waals surface area contributed by atoms with Gasteiger partial charge in [0.15, 0.2) is 0 Å².